The van der Waals surface area contributed by atoms with Gasteiger partial charge in [0.15, 0.2) is 0 Å². The molecule has 0 saturated heterocycles. The van der Waals surface area contributed by atoms with Crippen LogP contribution in [0.25, 0.3) is 0 Å². The summed E-state index contributed by atoms with van der Waals surface area (Å²) in [5, 5.41) is 7.12. The highest BCUT2D eigenvalue weighted by Gasteiger charge is 2.38. The predicted molar refractivity (Wildman–Crippen MR) is 84.3 cm³/mol. The van der Waals surface area contributed by atoms with Crippen molar-refractivity contribution in [3.05, 3.63) is 23.3 Å². The molecule has 4 rings (SSSR count). The quantitative estimate of drug-likeness (QED) is 0.901. The Morgan fingerprint density at radius 1 is 1.16 bits per heavy atom. The molecule has 5 nitrogen and oxygen atoms in total. The summed E-state index contributed by atoms with van der Waals surface area (Å²) in [5.41, 5.74) is 4.22. The summed E-state index contributed by atoms with van der Waals surface area (Å²) < 4.78 is 31.7. The van der Waals surface area contributed by atoms with E-state index in [1.165, 1.54) is 68.7 Å². The van der Waals surface area contributed by atoms with Crippen molar-refractivity contribution in [2.24, 2.45) is 5.92 Å². The van der Waals surface area contributed by atoms with Gasteiger partial charge in [-0.2, -0.15) is 13.2 Å². The van der Waals surface area contributed by atoms with Gasteiger partial charge in [0.1, 0.15) is 6.33 Å². The molecule has 1 N–H and O–H groups in total. The molecule has 2 fully saturated rings. The van der Waals surface area contributed by atoms with E-state index in [1.54, 1.807) is 6.33 Å². The molecule has 1 aromatic heterocycles. The molecule has 0 unspecified atom stereocenters. The number of aromatic nitrogens is 2. The van der Waals surface area contributed by atoms with Crippen LogP contribution in [0.1, 0.15) is 48.6 Å². The molecule has 0 amide bonds. The van der Waals surface area contributed by atoms with Crippen molar-refractivity contribution < 1.29 is 23.1 Å². The Hall–Kier alpha value is -1.70. The molecule has 2 saturated carbocycles. The van der Waals surface area contributed by atoms with Crippen LogP contribution in [0.15, 0.2) is 6.33 Å². The first-order valence-electron chi connectivity index (χ1n) is 8.69. The fourth-order valence-electron chi connectivity index (χ4n) is 3.15. The van der Waals surface area contributed by atoms with Crippen LogP contribution in [-0.2, 0) is 17.6 Å². The van der Waals surface area contributed by atoms with Gasteiger partial charge in [0.05, 0.1) is 5.69 Å². The first kappa shape index (κ1) is 18.1. The third-order valence-corrected chi connectivity index (χ3v) is 4.83. The number of carboxylic acids is 1. The number of halogens is 3. The molecule has 2 heterocycles. The minimum absolute atomic E-state index is 0.761. The fraction of sp³-hybridized carbons (Fsp3) is 0.706. The molecule has 0 aromatic carbocycles. The number of hydrogen-bond donors (Lipinski definition) is 1. The third kappa shape index (κ3) is 5.14. The van der Waals surface area contributed by atoms with Gasteiger partial charge in [-0.3, -0.25) is 0 Å². The average Bonchev–Trinajstić information content (AvgIpc) is 3.43. The second-order valence-corrected chi connectivity index (χ2v) is 7.01. The first-order valence-corrected chi connectivity index (χ1v) is 8.69. The van der Waals surface area contributed by atoms with E-state index in [0.717, 1.165) is 18.3 Å². The normalized spacial score (nSPS) is 20.9. The smallest absolute Gasteiger partial charge is 0.475 e. The van der Waals surface area contributed by atoms with Crippen LogP contribution in [0, 0.1) is 5.92 Å². The number of carbonyl (C=O) groups is 1. The fourth-order valence-corrected chi connectivity index (χ4v) is 3.15. The minimum Gasteiger partial charge on any atom is -0.475 e. The molecule has 1 aliphatic heterocycles. The molecule has 3 aliphatic rings. The largest absolute Gasteiger partial charge is 0.490 e. The number of alkyl halides is 3. The van der Waals surface area contributed by atoms with Crippen LogP contribution in [-0.4, -0.2) is 51.8 Å². The molecular weight excluding hydrogens is 335 g/mol. The highest BCUT2D eigenvalue weighted by molar-refractivity contribution is 5.73. The van der Waals surface area contributed by atoms with E-state index in [-0.39, 0.29) is 0 Å². The lowest BCUT2D eigenvalue weighted by Gasteiger charge is -2.18. The summed E-state index contributed by atoms with van der Waals surface area (Å²) in [4.78, 5) is 20.7. The lowest BCUT2D eigenvalue weighted by Crippen LogP contribution is -2.28. The summed E-state index contributed by atoms with van der Waals surface area (Å²) in [6, 6.07) is 0. The van der Waals surface area contributed by atoms with Crippen LogP contribution in [0.4, 0.5) is 13.2 Å². The van der Waals surface area contributed by atoms with Gasteiger partial charge in [-0.1, -0.05) is 0 Å². The van der Waals surface area contributed by atoms with Gasteiger partial charge in [0.2, 0.25) is 0 Å². The lowest BCUT2D eigenvalue weighted by molar-refractivity contribution is -0.192. The van der Waals surface area contributed by atoms with Gasteiger partial charge < -0.3 is 10.0 Å². The molecule has 2 aliphatic carbocycles. The van der Waals surface area contributed by atoms with Crippen molar-refractivity contribution in [1.82, 2.24) is 14.9 Å². The topological polar surface area (TPSA) is 66.3 Å². The Morgan fingerprint density at radius 2 is 1.80 bits per heavy atom. The number of fused-ring (bicyclic) bond motifs is 1. The molecule has 0 radical (unpaired) electrons. The van der Waals surface area contributed by atoms with Crippen molar-refractivity contribution in [3.8, 4) is 0 Å². The number of aliphatic carboxylic acids is 1. The van der Waals surface area contributed by atoms with Gasteiger partial charge in [-0.25, -0.2) is 14.8 Å². The standard InChI is InChI=1S/C15H21N3.C2HF3O2/c1-2-11(1)9-18-7-5-13-14(6-8-18)16-10-17-15(13)12-3-4-12;3-2(4,5)1(6)7/h10-12H,1-9H2;(H,6,7). The summed E-state index contributed by atoms with van der Waals surface area (Å²) in [6.45, 7) is 3.74. The van der Waals surface area contributed by atoms with E-state index in [2.05, 4.69) is 14.9 Å². The minimum atomic E-state index is -5.08. The van der Waals surface area contributed by atoms with Crippen LogP contribution in [0.5, 0.6) is 0 Å². The molecule has 0 atom stereocenters. The van der Waals surface area contributed by atoms with Gasteiger partial charge in [0.25, 0.3) is 0 Å². The Labute approximate surface area is 144 Å². The monoisotopic (exact) mass is 357 g/mol. The zero-order chi connectivity index (χ0) is 18.0. The van der Waals surface area contributed by atoms with Gasteiger partial charge in [-0.05, 0) is 43.6 Å². The van der Waals surface area contributed by atoms with Crippen LogP contribution in [0.2, 0.25) is 0 Å². The second kappa shape index (κ2) is 7.27. The van der Waals surface area contributed by atoms with E-state index in [1.807, 2.05) is 0 Å². The highest BCUT2D eigenvalue weighted by atomic mass is 19.4. The van der Waals surface area contributed by atoms with E-state index in [0.29, 0.717) is 0 Å². The Kier molecular flexibility index (Phi) is 5.27. The predicted octanol–water partition coefficient (Wildman–Crippen LogP) is 2.80. The summed E-state index contributed by atoms with van der Waals surface area (Å²) in [6.07, 6.45) is 4.61. The maximum absolute atomic E-state index is 10.6. The number of nitrogens with zero attached hydrogens (tertiary/aromatic N) is 3. The second-order valence-electron chi connectivity index (χ2n) is 7.01. The van der Waals surface area contributed by atoms with E-state index < -0.39 is 12.1 Å². The van der Waals surface area contributed by atoms with Crippen molar-refractivity contribution in [1.29, 1.82) is 0 Å². The highest BCUT2D eigenvalue weighted by Crippen LogP contribution is 2.41. The molecule has 25 heavy (non-hydrogen) atoms. The molecule has 0 bridgehead atoms. The molecule has 0 spiro atoms. The Balaban J connectivity index is 0.000000225. The van der Waals surface area contributed by atoms with Crippen LogP contribution in [0.3, 0.4) is 0 Å². The van der Waals surface area contributed by atoms with Gasteiger partial charge >= 0.3 is 12.1 Å². The third-order valence-electron chi connectivity index (χ3n) is 4.83. The van der Waals surface area contributed by atoms with Gasteiger partial charge in [0, 0.05) is 37.7 Å². The van der Waals surface area contributed by atoms with Crippen molar-refractivity contribution in [2.45, 2.75) is 50.6 Å². The zero-order valence-corrected chi connectivity index (χ0v) is 13.9. The van der Waals surface area contributed by atoms with Crippen molar-refractivity contribution >= 4 is 5.97 Å². The molecule has 8 heteroatoms. The summed E-state index contributed by atoms with van der Waals surface area (Å²) in [5.74, 6) is -0.996. The summed E-state index contributed by atoms with van der Waals surface area (Å²) >= 11 is 0. The van der Waals surface area contributed by atoms with Crippen molar-refractivity contribution in [3.63, 3.8) is 0 Å². The summed E-state index contributed by atoms with van der Waals surface area (Å²) in [7, 11) is 0. The average molecular weight is 357 g/mol. The number of carboxylic acid groups (broad SMARTS) is 1. The Bertz CT molecular complexity index is 628. The van der Waals surface area contributed by atoms with E-state index in [4.69, 9.17) is 9.90 Å². The van der Waals surface area contributed by atoms with Crippen LogP contribution < -0.4 is 0 Å². The Morgan fingerprint density at radius 3 is 2.36 bits per heavy atom. The maximum atomic E-state index is 10.6. The number of rotatable bonds is 3. The SMILES string of the molecule is O=C(O)C(F)(F)F.c1nc2c(c(C3CC3)n1)CCN(CC1CC1)CC2. The van der Waals surface area contributed by atoms with E-state index in [9.17, 15) is 13.2 Å². The maximum Gasteiger partial charge on any atom is 0.490 e. The lowest BCUT2D eigenvalue weighted by atomic mass is 10.0. The van der Waals surface area contributed by atoms with E-state index >= 15 is 0 Å². The van der Waals surface area contributed by atoms with Crippen molar-refractivity contribution in [2.75, 3.05) is 19.6 Å². The molecular formula is C17H22F3N3O2. The molecule has 138 valence electrons. The van der Waals surface area contributed by atoms with Gasteiger partial charge in [-0.15, -0.1) is 0 Å². The zero-order valence-electron chi connectivity index (χ0n) is 13.9. The number of hydrogen-bond acceptors (Lipinski definition) is 4. The first-order chi connectivity index (χ1) is 11.8. The van der Waals surface area contributed by atoms with Crippen LogP contribution >= 0.6 is 0 Å². The molecule has 1 aromatic rings.